The molecule has 9 heteroatoms. The Labute approximate surface area is 166 Å². The lowest BCUT2D eigenvalue weighted by atomic mass is 9.81. The third kappa shape index (κ3) is 4.81. The maximum absolute atomic E-state index is 12.6. The molecule has 2 N–H and O–H groups in total. The van der Waals surface area contributed by atoms with Crippen LogP contribution in [-0.2, 0) is 19.2 Å². The number of carbonyl (C=O) groups is 4. The smallest absolute Gasteiger partial charge is 0.322 e. The highest BCUT2D eigenvalue weighted by molar-refractivity contribution is 6.30. The van der Waals surface area contributed by atoms with Crippen molar-refractivity contribution in [3.63, 3.8) is 0 Å². The molecule has 0 spiro atoms. The van der Waals surface area contributed by atoms with Crippen LogP contribution >= 0.6 is 11.6 Å². The van der Waals surface area contributed by atoms with Crippen LogP contribution in [0.2, 0.25) is 5.02 Å². The number of ether oxygens (including phenoxy) is 1. The van der Waals surface area contributed by atoms with Gasteiger partial charge in [-0.1, -0.05) is 11.6 Å². The van der Waals surface area contributed by atoms with Crippen molar-refractivity contribution >= 4 is 35.2 Å². The first-order chi connectivity index (χ1) is 13.3. The van der Waals surface area contributed by atoms with E-state index >= 15 is 0 Å². The number of hydrogen-bond donors (Lipinski definition) is 2. The van der Waals surface area contributed by atoms with E-state index in [9.17, 15) is 19.2 Å². The first-order valence-corrected chi connectivity index (χ1v) is 9.44. The van der Waals surface area contributed by atoms with E-state index in [1.165, 1.54) is 4.90 Å². The van der Waals surface area contributed by atoms with Gasteiger partial charge in [0, 0.05) is 24.5 Å². The third-order valence-corrected chi connectivity index (χ3v) is 5.22. The van der Waals surface area contributed by atoms with E-state index in [0.29, 0.717) is 11.6 Å². The Hall–Kier alpha value is -2.61. The second-order valence-electron chi connectivity index (χ2n) is 7.08. The lowest BCUT2D eigenvalue weighted by Gasteiger charge is -2.40. The summed E-state index contributed by atoms with van der Waals surface area (Å²) in [7, 11) is 0. The molecule has 8 nitrogen and oxygen atoms in total. The topological polar surface area (TPSA) is 113 Å². The molecule has 0 bridgehead atoms. The highest BCUT2D eigenvalue weighted by Gasteiger charge is 2.42. The van der Waals surface area contributed by atoms with Crippen LogP contribution in [0, 0.1) is 11.8 Å². The number of piperidine rings is 1. The molecule has 1 unspecified atom stereocenters. The molecule has 1 saturated carbocycles. The van der Waals surface area contributed by atoms with Crippen molar-refractivity contribution in [3.8, 4) is 5.75 Å². The minimum atomic E-state index is -1.45. The van der Waals surface area contributed by atoms with E-state index in [4.69, 9.17) is 21.4 Å². The van der Waals surface area contributed by atoms with Crippen molar-refractivity contribution in [3.05, 3.63) is 29.3 Å². The monoisotopic (exact) mass is 408 g/mol. The summed E-state index contributed by atoms with van der Waals surface area (Å²) < 4.78 is 5.85. The van der Waals surface area contributed by atoms with Crippen molar-refractivity contribution in [1.29, 1.82) is 0 Å². The third-order valence-electron chi connectivity index (χ3n) is 4.97. The van der Waals surface area contributed by atoms with E-state index in [1.54, 1.807) is 24.3 Å². The molecule has 1 aromatic carbocycles. The van der Waals surface area contributed by atoms with Crippen LogP contribution < -0.4 is 10.1 Å². The number of rotatable bonds is 7. The zero-order valence-corrected chi connectivity index (χ0v) is 15.9. The van der Waals surface area contributed by atoms with Gasteiger partial charge in [-0.15, -0.1) is 0 Å². The number of nitrogens with zero attached hydrogens (tertiary/aromatic N) is 1. The van der Waals surface area contributed by atoms with Gasteiger partial charge in [-0.05, 0) is 43.0 Å². The van der Waals surface area contributed by atoms with Crippen molar-refractivity contribution in [2.75, 3.05) is 19.6 Å². The molecule has 1 atom stereocenters. The Bertz CT molecular complexity index is 775. The van der Waals surface area contributed by atoms with Crippen LogP contribution in [0.15, 0.2) is 24.3 Å². The Morgan fingerprint density at radius 3 is 2.54 bits per heavy atom. The molecule has 0 aromatic heterocycles. The Morgan fingerprint density at radius 2 is 1.89 bits per heavy atom. The minimum Gasteiger partial charge on any atom is -0.490 e. The fourth-order valence-corrected chi connectivity index (χ4v) is 3.59. The van der Waals surface area contributed by atoms with Gasteiger partial charge in [-0.25, -0.2) is 0 Å². The summed E-state index contributed by atoms with van der Waals surface area (Å²) in [5.74, 6) is -3.58. The number of nitrogens with one attached hydrogen (secondary N) is 1. The molecule has 1 aromatic rings. The van der Waals surface area contributed by atoms with E-state index < -0.39 is 36.0 Å². The van der Waals surface area contributed by atoms with Crippen LogP contribution in [0.25, 0.3) is 0 Å². The number of amides is 2. The predicted octanol–water partition coefficient (Wildman–Crippen LogP) is 1.12. The summed E-state index contributed by atoms with van der Waals surface area (Å²) >= 11 is 5.85. The minimum absolute atomic E-state index is 0.0577. The Balaban J connectivity index is 1.49. The van der Waals surface area contributed by atoms with Gasteiger partial charge in [0.1, 0.15) is 12.3 Å². The van der Waals surface area contributed by atoms with Gasteiger partial charge >= 0.3 is 5.97 Å². The average molecular weight is 409 g/mol. The zero-order chi connectivity index (χ0) is 20.3. The standard InChI is InChI=1S/C19H21ClN2O6/c20-12-1-3-13(4-2-12)28-14-7-11(8-14)10-22-6-5-15(23)17(19(22)27)18(26)21-9-16(24)25/h1-4,11,14,17H,5-10H2,(H,21,26)(H,24,25). The molecular formula is C19H21ClN2O6. The van der Waals surface area contributed by atoms with Crippen LogP contribution in [0.3, 0.4) is 0 Å². The summed E-state index contributed by atoms with van der Waals surface area (Å²) in [6.07, 6.45) is 1.70. The van der Waals surface area contributed by atoms with Gasteiger partial charge in [0.15, 0.2) is 11.7 Å². The Kier molecular flexibility index (Phi) is 6.18. The van der Waals surface area contributed by atoms with Crippen LogP contribution in [-0.4, -0.2) is 59.3 Å². The van der Waals surface area contributed by atoms with Crippen molar-refractivity contribution in [2.45, 2.75) is 25.4 Å². The zero-order valence-electron chi connectivity index (χ0n) is 15.1. The average Bonchev–Trinajstić information content (AvgIpc) is 2.61. The number of carboxylic acids is 1. The van der Waals surface area contributed by atoms with E-state index in [0.717, 1.165) is 18.6 Å². The number of likely N-dealkylation sites (tertiary alicyclic amines) is 1. The van der Waals surface area contributed by atoms with Crippen molar-refractivity contribution in [2.24, 2.45) is 11.8 Å². The molecular weight excluding hydrogens is 388 g/mol. The summed E-state index contributed by atoms with van der Waals surface area (Å²) in [5, 5.41) is 11.4. The van der Waals surface area contributed by atoms with Gasteiger partial charge in [-0.3, -0.25) is 19.2 Å². The molecule has 3 rings (SSSR count). The largest absolute Gasteiger partial charge is 0.490 e. The van der Waals surface area contributed by atoms with Crippen molar-refractivity contribution < 1.29 is 29.0 Å². The second kappa shape index (κ2) is 8.60. The van der Waals surface area contributed by atoms with E-state index in [-0.39, 0.29) is 25.0 Å². The predicted molar refractivity (Wildman–Crippen MR) is 98.9 cm³/mol. The molecule has 2 aliphatic rings. The summed E-state index contributed by atoms with van der Waals surface area (Å²) in [6.45, 7) is 0.108. The number of carboxylic acid groups (broad SMARTS) is 1. The molecule has 0 radical (unpaired) electrons. The SMILES string of the molecule is O=C(O)CNC(=O)C1C(=O)CCN(CC2CC(Oc3ccc(Cl)cc3)C2)C1=O. The lowest BCUT2D eigenvalue weighted by Crippen LogP contribution is -2.54. The number of Topliss-reactive ketones (excluding diaryl/α,β-unsaturated/α-hetero) is 1. The van der Waals surface area contributed by atoms with Crippen LogP contribution in [0.1, 0.15) is 19.3 Å². The van der Waals surface area contributed by atoms with Gasteiger partial charge in [0.2, 0.25) is 11.8 Å². The molecule has 150 valence electrons. The Morgan fingerprint density at radius 1 is 1.21 bits per heavy atom. The maximum atomic E-state index is 12.6. The summed E-state index contributed by atoms with van der Waals surface area (Å²) in [6, 6.07) is 7.11. The fourth-order valence-electron chi connectivity index (χ4n) is 3.46. The molecule has 1 aliphatic heterocycles. The molecule has 1 heterocycles. The van der Waals surface area contributed by atoms with Gasteiger partial charge in [0.05, 0.1) is 6.10 Å². The van der Waals surface area contributed by atoms with E-state index in [1.807, 2.05) is 0 Å². The van der Waals surface area contributed by atoms with Crippen LogP contribution in [0.4, 0.5) is 0 Å². The molecule has 28 heavy (non-hydrogen) atoms. The molecule has 1 aliphatic carbocycles. The fraction of sp³-hybridized carbons (Fsp3) is 0.474. The molecule has 1 saturated heterocycles. The summed E-state index contributed by atoms with van der Waals surface area (Å²) in [4.78, 5) is 48.7. The second-order valence-corrected chi connectivity index (χ2v) is 7.51. The first kappa shape index (κ1) is 20.1. The van der Waals surface area contributed by atoms with Gasteiger partial charge in [-0.2, -0.15) is 0 Å². The van der Waals surface area contributed by atoms with Crippen molar-refractivity contribution in [1.82, 2.24) is 10.2 Å². The molecule has 2 amide bonds. The lowest BCUT2D eigenvalue weighted by molar-refractivity contribution is -0.153. The number of benzene rings is 1. The summed E-state index contributed by atoms with van der Waals surface area (Å²) in [5.41, 5.74) is 0. The number of hydrogen-bond acceptors (Lipinski definition) is 5. The number of halogens is 1. The van der Waals surface area contributed by atoms with E-state index in [2.05, 4.69) is 5.32 Å². The normalized spacial score (nSPS) is 24.5. The number of aliphatic carboxylic acids is 1. The maximum Gasteiger partial charge on any atom is 0.322 e. The highest BCUT2D eigenvalue weighted by atomic mass is 35.5. The quantitative estimate of drug-likeness (QED) is 0.653. The molecule has 2 fully saturated rings. The number of carbonyl (C=O) groups excluding carboxylic acids is 3. The first-order valence-electron chi connectivity index (χ1n) is 9.06. The highest BCUT2D eigenvalue weighted by Crippen LogP contribution is 2.33. The number of ketones is 1. The van der Waals surface area contributed by atoms with Crippen LogP contribution in [0.5, 0.6) is 5.75 Å². The van der Waals surface area contributed by atoms with Gasteiger partial charge < -0.3 is 20.1 Å². The van der Waals surface area contributed by atoms with Gasteiger partial charge in [0.25, 0.3) is 0 Å².